The highest BCUT2D eigenvalue weighted by atomic mass is 79.9. The van der Waals surface area contributed by atoms with Gasteiger partial charge in [0.15, 0.2) is 0 Å². The zero-order valence-electron chi connectivity index (χ0n) is 11.7. The Morgan fingerprint density at radius 3 is 2.75 bits per heavy atom. The van der Waals surface area contributed by atoms with E-state index in [0.29, 0.717) is 10.3 Å². The molecular weight excluding hydrogens is 324 g/mol. The molecule has 0 radical (unpaired) electrons. The molecule has 0 aromatic carbocycles. The molecule has 0 bridgehead atoms. The van der Waals surface area contributed by atoms with Gasteiger partial charge in [0.1, 0.15) is 12.0 Å². The molecule has 0 saturated carbocycles. The van der Waals surface area contributed by atoms with Crippen molar-refractivity contribution < 1.29 is 4.92 Å². The van der Waals surface area contributed by atoms with Crippen LogP contribution in [0.1, 0.15) is 19.8 Å². The predicted octanol–water partition coefficient (Wildman–Crippen LogP) is 2.90. The van der Waals surface area contributed by atoms with Gasteiger partial charge in [0.05, 0.1) is 9.40 Å². The van der Waals surface area contributed by atoms with Crippen molar-refractivity contribution in [3.05, 3.63) is 26.9 Å². The van der Waals surface area contributed by atoms with Crippen LogP contribution in [-0.4, -0.2) is 41.5 Å². The van der Waals surface area contributed by atoms with Crippen LogP contribution in [0.2, 0.25) is 0 Å². The summed E-state index contributed by atoms with van der Waals surface area (Å²) >= 11 is 3.33. The number of nitrogens with zero attached hydrogens (tertiary/aromatic N) is 3. The average molecular weight is 343 g/mol. The molecule has 0 aliphatic carbocycles. The van der Waals surface area contributed by atoms with E-state index in [-0.39, 0.29) is 11.1 Å². The van der Waals surface area contributed by atoms with Crippen LogP contribution in [0.15, 0.2) is 16.7 Å². The fraction of sp³-hybridized carbons (Fsp3) is 0.615. The number of nitro groups is 1. The number of nitrogens with one attached hydrogen (secondary N) is 1. The Morgan fingerprint density at radius 2 is 2.20 bits per heavy atom. The van der Waals surface area contributed by atoms with Gasteiger partial charge in [0, 0.05) is 12.6 Å². The standard InChI is InChI=1S/C13H19BrN4O2/c1-13(3-5-17(2)6-4-13)9-16-12-11(14)7-10(8-15-12)18(19)20/h7-8H,3-6,9H2,1-2H3,(H,15,16). The van der Waals surface area contributed by atoms with Crippen LogP contribution in [-0.2, 0) is 0 Å². The van der Waals surface area contributed by atoms with Crippen LogP contribution in [0.25, 0.3) is 0 Å². The second-order valence-corrected chi connectivity index (χ2v) is 6.60. The van der Waals surface area contributed by atoms with Crippen molar-refractivity contribution in [3.8, 4) is 0 Å². The second kappa shape index (κ2) is 6.05. The molecule has 0 spiro atoms. The Morgan fingerprint density at radius 1 is 1.55 bits per heavy atom. The number of rotatable bonds is 4. The fourth-order valence-corrected chi connectivity index (χ4v) is 2.77. The normalized spacial score (nSPS) is 18.8. The lowest BCUT2D eigenvalue weighted by molar-refractivity contribution is -0.385. The highest BCUT2D eigenvalue weighted by molar-refractivity contribution is 9.10. The first kappa shape index (κ1) is 15.2. The van der Waals surface area contributed by atoms with E-state index in [4.69, 9.17) is 0 Å². The third kappa shape index (κ3) is 3.67. The van der Waals surface area contributed by atoms with Gasteiger partial charge in [-0.25, -0.2) is 4.98 Å². The molecule has 1 aliphatic heterocycles. The minimum atomic E-state index is -0.445. The summed E-state index contributed by atoms with van der Waals surface area (Å²) in [6.07, 6.45) is 3.56. The number of likely N-dealkylation sites (tertiary alicyclic amines) is 1. The van der Waals surface area contributed by atoms with Crippen molar-refractivity contribution in [1.82, 2.24) is 9.88 Å². The Bertz CT molecular complexity index is 501. The summed E-state index contributed by atoms with van der Waals surface area (Å²) in [6, 6.07) is 1.48. The van der Waals surface area contributed by atoms with E-state index >= 15 is 0 Å². The molecule has 1 aliphatic rings. The highest BCUT2D eigenvalue weighted by Crippen LogP contribution is 2.32. The SMILES string of the molecule is CN1CCC(C)(CNc2ncc([N+](=O)[O-])cc2Br)CC1. The molecule has 2 heterocycles. The van der Waals surface area contributed by atoms with Gasteiger partial charge in [0.25, 0.3) is 5.69 Å². The molecular formula is C13H19BrN4O2. The molecule has 1 aromatic heterocycles. The molecule has 0 atom stereocenters. The Labute approximate surface area is 126 Å². The summed E-state index contributed by atoms with van der Waals surface area (Å²) in [5.74, 6) is 0.663. The number of anilines is 1. The number of pyridine rings is 1. The lowest BCUT2D eigenvalue weighted by Crippen LogP contribution is -2.40. The molecule has 7 heteroatoms. The summed E-state index contributed by atoms with van der Waals surface area (Å²) in [6.45, 7) is 5.30. The van der Waals surface area contributed by atoms with E-state index < -0.39 is 4.92 Å². The van der Waals surface area contributed by atoms with Gasteiger partial charge in [-0.05, 0) is 54.3 Å². The third-order valence-electron chi connectivity index (χ3n) is 3.91. The fourth-order valence-electron chi connectivity index (χ4n) is 2.29. The highest BCUT2D eigenvalue weighted by Gasteiger charge is 2.28. The van der Waals surface area contributed by atoms with Crippen molar-refractivity contribution in [1.29, 1.82) is 0 Å². The molecule has 0 unspecified atom stereocenters. The van der Waals surface area contributed by atoms with Gasteiger partial charge in [-0.1, -0.05) is 6.92 Å². The first-order valence-corrected chi connectivity index (χ1v) is 7.41. The Hall–Kier alpha value is -1.21. The predicted molar refractivity (Wildman–Crippen MR) is 81.9 cm³/mol. The van der Waals surface area contributed by atoms with Crippen LogP contribution >= 0.6 is 15.9 Å². The maximum atomic E-state index is 10.7. The first-order valence-electron chi connectivity index (χ1n) is 6.62. The molecule has 20 heavy (non-hydrogen) atoms. The van der Waals surface area contributed by atoms with Crippen molar-refractivity contribution in [2.24, 2.45) is 5.41 Å². The van der Waals surface area contributed by atoms with Crippen LogP contribution in [0, 0.1) is 15.5 Å². The minimum Gasteiger partial charge on any atom is -0.369 e. The van der Waals surface area contributed by atoms with Gasteiger partial charge in [-0.2, -0.15) is 0 Å². The number of hydrogen-bond acceptors (Lipinski definition) is 5. The minimum absolute atomic E-state index is 0.00655. The van der Waals surface area contributed by atoms with Crippen LogP contribution in [0.4, 0.5) is 11.5 Å². The number of hydrogen-bond donors (Lipinski definition) is 1. The third-order valence-corrected chi connectivity index (χ3v) is 4.52. The molecule has 2 rings (SSSR count). The summed E-state index contributed by atoms with van der Waals surface area (Å²) in [4.78, 5) is 16.7. The zero-order valence-corrected chi connectivity index (χ0v) is 13.3. The maximum absolute atomic E-state index is 10.7. The molecule has 6 nitrogen and oxygen atoms in total. The first-order chi connectivity index (χ1) is 9.39. The van der Waals surface area contributed by atoms with E-state index in [1.807, 2.05) is 0 Å². The van der Waals surface area contributed by atoms with Gasteiger partial charge < -0.3 is 10.2 Å². The quantitative estimate of drug-likeness (QED) is 0.672. The van der Waals surface area contributed by atoms with Gasteiger partial charge in [-0.15, -0.1) is 0 Å². The van der Waals surface area contributed by atoms with Gasteiger partial charge in [0.2, 0.25) is 0 Å². The number of halogens is 1. The lowest BCUT2D eigenvalue weighted by Gasteiger charge is -2.38. The van der Waals surface area contributed by atoms with E-state index in [0.717, 1.165) is 32.5 Å². The van der Waals surface area contributed by atoms with Crippen molar-refractivity contribution >= 4 is 27.4 Å². The van der Waals surface area contributed by atoms with Crippen molar-refractivity contribution in [2.75, 3.05) is 32.0 Å². The largest absolute Gasteiger partial charge is 0.369 e. The molecule has 1 fully saturated rings. The molecule has 0 amide bonds. The average Bonchev–Trinajstić information content (AvgIpc) is 2.41. The molecule has 1 N–H and O–H groups in total. The summed E-state index contributed by atoms with van der Waals surface area (Å²) in [7, 11) is 2.14. The van der Waals surface area contributed by atoms with Crippen molar-refractivity contribution in [3.63, 3.8) is 0 Å². The maximum Gasteiger partial charge on any atom is 0.288 e. The number of piperidine rings is 1. The second-order valence-electron chi connectivity index (χ2n) is 5.75. The smallest absolute Gasteiger partial charge is 0.288 e. The van der Waals surface area contributed by atoms with E-state index in [9.17, 15) is 10.1 Å². The van der Waals surface area contributed by atoms with Gasteiger partial charge >= 0.3 is 0 Å². The Balaban J connectivity index is 1.99. The monoisotopic (exact) mass is 342 g/mol. The van der Waals surface area contributed by atoms with E-state index in [1.54, 1.807) is 0 Å². The topological polar surface area (TPSA) is 71.3 Å². The van der Waals surface area contributed by atoms with Crippen LogP contribution in [0.5, 0.6) is 0 Å². The van der Waals surface area contributed by atoms with Crippen LogP contribution in [0.3, 0.4) is 0 Å². The van der Waals surface area contributed by atoms with E-state index in [1.165, 1.54) is 12.3 Å². The lowest BCUT2D eigenvalue weighted by atomic mass is 9.80. The zero-order chi connectivity index (χ0) is 14.8. The molecule has 1 saturated heterocycles. The number of aromatic nitrogens is 1. The summed E-state index contributed by atoms with van der Waals surface area (Å²) in [5, 5.41) is 14.0. The van der Waals surface area contributed by atoms with E-state index in [2.05, 4.69) is 45.1 Å². The van der Waals surface area contributed by atoms with Gasteiger partial charge in [-0.3, -0.25) is 10.1 Å². The Kier molecular flexibility index (Phi) is 4.59. The van der Waals surface area contributed by atoms with Crippen LogP contribution < -0.4 is 5.32 Å². The summed E-state index contributed by atoms with van der Waals surface area (Å²) in [5.41, 5.74) is 0.239. The summed E-state index contributed by atoms with van der Waals surface area (Å²) < 4.78 is 0.628. The molecule has 110 valence electrons. The molecule has 1 aromatic rings. The van der Waals surface area contributed by atoms with Crippen molar-refractivity contribution in [2.45, 2.75) is 19.8 Å².